The molecule has 2 aromatic rings. The van der Waals surface area contributed by atoms with Gasteiger partial charge >= 0.3 is 0 Å². The lowest BCUT2D eigenvalue weighted by Crippen LogP contribution is -2.55. The van der Waals surface area contributed by atoms with Crippen LogP contribution in [0.3, 0.4) is 0 Å². The van der Waals surface area contributed by atoms with Crippen LogP contribution in [0.5, 0.6) is 0 Å². The third-order valence-corrected chi connectivity index (χ3v) is 8.51. The van der Waals surface area contributed by atoms with E-state index in [0.29, 0.717) is 26.1 Å². The third kappa shape index (κ3) is 3.96. The lowest BCUT2D eigenvalue weighted by molar-refractivity contribution is -0.141. The second-order valence-corrected chi connectivity index (χ2v) is 10.4. The van der Waals surface area contributed by atoms with Crippen LogP contribution in [-0.4, -0.2) is 36.3 Å². The summed E-state index contributed by atoms with van der Waals surface area (Å²) in [5, 5.41) is 3.02. The minimum absolute atomic E-state index is 0.0835. The lowest BCUT2D eigenvalue weighted by atomic mass is 9.62. The van der Waals surface area contributed by atoms with Crippen molar-refractivity contribution < 1.29 is 14.0 Å². The van der Waals surface area contributed by atoms with E-state index in [1.807, 2.05) is 12.1 Å². The molecule has 1 atom stereocenters. The molecule has 5 rings (SSSR count). The average molecular weight is 449 g/mol. The van der Waals surface area contributed by atoms with E-state index in [4.69, 9.17) is 0 Å². The second-order valence-electron chi connectivity index (χ2n) is 10.4. The molecule has 174 valence electrons. The molecule has 3 aliphatic rings. The van der Waals surface area contributed by atoms with E-state index in [1.54, 1.807) is 0 Å². The van der Waals surface area contributed by atoms with Crippen LogP contribution in [0.15, 0.2) is 48.5 Å². The number of rotatable bonds is 3. The highest BCUT2D eigenvalue weighted by Gasteiger charge is 2.50. The minimum atomic E-state index is -0.406. The molecule has 1 spiro atoms. The molecule has 4 nitrogen and oxygen atoms in total. The van der Waals surface area contributed by atoms with E-state index in [2.05, 4.69) is 41.4 Å². The lowest BCUT2D eigenvalue weighted by Gasteiger charge is -2.50. The zero-order valence-corrected chi connectivity index (χ0v) is 19.4. The number of benzene rings is 2. The Morgan fingerprint density at radius 3 is 2.39 bits per heavy atom. The first kappa shape index (κ1) is 22.1. The summed E-state index contributed by atoms with van der Waals surface area (Å²) >= 11 is 0. The normalized spacial score (nSPS) is 24.0. The van der Waals surface area contributed by atoms with Gasteiger partial charge in [0.05, 0.1) is 5.41 Å². The molecule has 33 heavy (non-hydrogen) atoms. The van der Waals surface area contributed by atoms with Crippen molar-refractivity contribution in [3.63, 3.8) is 0 Å². The summed E-state index contributed by atoms with van der Waals surface area (Å²) in [6, 6.07) is 15.2. The van der Waals surface area contributed by atoms with Gasteiger partial charge in [0, 0.05) is 32.0 Å². The maximum atomic E-state index is 14.0. The van der Waals surface area contributed by atoms with Gasteiger partial charge in [-0.05, 0) is 61.3 Å². The van der Waals surface area contributed by atoms with Gasteiger partial charge in [0.25, 0.3) is 0 Å². The van der Waals surface area contributed by atoms with Gasteiger partial charge in [-0.3, -0.25) is 9.59 Å². The number of nitrogens with one attached hydrogen (secondary N) is 1. The van der Waals surface area contributed by atoms with Crippen LogP contribution in [0.1, 0.15) is 67.6 Å². The highest BCUT2D eigenvalue weighted by Crippen LogP contribution is 2.50. The molecular formula is C28H33FN2O2. The fraction of sp³-hybridized carbons (Fsp3) is 0.500. The molecule has 2 heterocycles. The molecule has 1 N–H and O–H groups in total. The predicted octanol–water partition coefficient (Wildman–Crippen LogP) is 4.86. The molecule has 0 aromatic heterocycles. The van der Waals surface area contributed by atoms with E-state index in [1.165, 1.54) is 17.7 Å². The molecule has 2 saturated heterocycles. The van der Waals surface area contributed by atoms with Crippen molar-refractivity contribution >= 4 is 11.8 Å². The Hall–Kier alpha value is -2.69. The van der Waals surface area contributed by atoms with Crippen LogP contribution < -0.4 is 5.32 Å². The van der Waals surface area contributed by atoms with Crippen LogP contribution >= 0.6 is 0 Å². The van der Waals surface area contributed by atoms with Crippen molar-refractivity contribution in [3.05, 3.63) is 71.0 Å². The maximum Gasteiger partial charge on any atom is 0.233 e. The Kier molecular flexibility index (Phi) is 5.75. The Bertz CT molecular complexity index is 1030. The summed E-state index contributed by atoms with van der Waals surface area (Å²) in [4.78, 5) is 28.4. The van der Waals surface area contributed by atoms with E-state index in [-0.39, 0.29) is 29.0 Å². The number of amides is 2. The summed E-state index contributed by atoms with van der Waals surface area (Å²) in [5.41, 5.74) is 2.84. The Labute approximate surface area is 195 Å². The van der Waals surface area contributed by atoms with Gasteiger partial charge in [0.15, 0.2) is 0 Å². The Morgan fingerprint density at radius 2 is 1.73 bits per heavy atom. The molecule has 2 aromatic carbocycles. The molecular weight excluding hydrogens is 415 g/mol. The van der Waals surface area contributed by atoms with Crippen LogP contribution in [0, 0.1) is 18.2 Å². The van der Waals surface area contributed by atoms with Gasteiger partial charge in [0.1, 0.15) is 5.82 Å². The van der Waals surface area contributed by atoms with Gasteiger partial charge in [-0.15, -0.1) is 0 Å². The summed E-state index contributed by atoms with van der Waals surface area (Å²) < 4.78 is 13.5. The molecule has 0 unspecified atom stereocenters. The van der Waals surface area contributed by atoms with Crippen molar-refractivity contribution in [1.29, 1.82) is 0 Å². The first-order valence-electron chi connectivity index (χ1n) is 12.3. The Morgan fingerprint density at radius 1 is 1.03 bits per heavy atom. The third-order valence-electron chi connectivity index (χ3n) is 8.51. The number of piperidine rings is 2. The number of likely N-dealkylation sites (tertiary alicyclic amines) is 1. The quantitative estimate of drug-likeness (QED) is 0.729. The molecule has 3 fully saturated rings. The SMILES string of the molecule is Cc1cccc(C2(C(=O)N3CCC4(CC3)CC(=O)NC[C@H]4c3ccc(F)cc3)CCCC2)c1. The van der Waals surface area contributed by atoms with Crippen LogP contribution in [0.4, 0.5) is 4.39 Å². The predicted molar refractivity (Wildman–Crippen MR) is 126 cm³/mol. The minimum Gasteiger partial charge on any atom is -0.355 e. The van der Waals surface area contributed by atoms with E-state index in [9.17, 15) is 14.0 Å². The zero-order valence-electron chi connectivity index (χ0n) is 19.4. The van der Waals surface area contributed by atoms with Crippen molar-refractivity contribution in [1.82, 2.24) is 10.2 Å². The summed E-state index contributed by atoms with van der Waals surface area (Å²) in [6.07, 6.45) is 6.08. The molecule has 0 bridgehead atoms. The van der Waals surface area contributed by atoms with E-state index in [0.717, 1.165) is 49.7 Å². The molecule has 2 aliphatic heterocycles. The summed E-state index contributed by atoms with van der Waals surface area (Å²) in [6.45, 7) is 4.02. The number of hydrogen-bond acceptors (Lipinski definition) is 2. The van der Waals surface area contributed by atoms with Gasteiger partial charge in [-0.25, -0.2) is 4.39 Å². The Balaban J connectivity index is 1.38. The van der Waals surface area contributed by atoms with E-state index < -0.39 is 5.41 Å². The maximum absolute atomic E-state index is 14.0. The van der Waals surface area contributed by atoms with Gasteiger partial charge in [0.2, 0.25) is 11.8 Å². The number of hydrogen-bond donors (Lipinski definition) is 1. The van der Waals surface area contributed by atoms with Crippen molar-refractivity contribution in [2.75, 3.05) is 19.6 Å². The van der Waals surface area contributed by atoms with E-state index >= 15 is 0 Å². The smallest absolute Gasteiger partial charge is 0.233 e. The second kappa shape index (κ2) is 8.58. The van der Waals surface area contributed by atoms with Crippen molar-refractivity contribution in [2.24, 2.45) is 5.41 Å². The number of carbonyl (C=O) groups excluding carboxylic acids is 2. The number of halogens is 1. The van der Waals surface area contributed by atoms with Crippen LogP contribution in [0.25, 0.3) is 0 Å². The van der Waals surface area contributed by atoms with Gasteiger partial charge in [-0.1, -0.05) is 54.8 Å². The average Bonchev–Trinajstić information content (AvgIpc) is 3.31. The highest BCUT2D eigenvalue weighted by atomic mass is 19.1. The highest BCUT2D eigenvalue weighted by molar-refractivity contribution is 5.89. The monoisotopic (exact) mass is 448 g/mol. The summed E-state index contributed by atoms with van der Waals surface area (Å²) in [7, 11) is 0. The van der Waals surface area contributed by atoms with Crippen molar-refractivity contribution in [2.45, 2.75) is 63.2 Å². The molecule has 1 saturated carbocycles. The molecule has 0 radical (unpaired) electrons. The number of nitrogens with zero attached hydrogens (tertiary/aromatic N) is 1. The van der Waals surface area contributed by atoms with Crippen molar-refractivity contribution in [3.8, 4) is 0 Å². The first-order valence-corrected chi connectivity index (χ1v) is 12.3. The first-order chi connectivity index (χ1) is 15.9. The van der Waals surface area contributed by atoms with Crippen LogP contribution in [0.2, 0.25) is 0 Å². The fourth-order valence-electron chi connectivity index (χ4n) is 6.63. The standard InChI is InChI=1S/C28H33FN2O2/c1-20-5-4-6-22(17-20)28(11-2-3-12-28)26(33)31-15-13-27(14-16-31)18-25(32)30-19-24(27)21-7-9-23(29)10-8-21/h4-10,17,24H,2-3,11-16,18-19H2,1H3,(H,30,32)/t24-/m0/s1. The summed E-state index contributed by atoms with van der Waals surface area (Å²) in [5.74, 6) is 0.246. The van der Waals surface area contributed by atoms with Crippen LogP contribution in [-0.2, 0) is 15.0 Å². The molecule has 1 aliphatic carbocycles. The molecule has 5 heteroatoms. The molecule has 2 amide bonds. The van der Waals surface area contributed by atoms with Gasteiger partial charge < -0.3 is 10.2 Å². The largest absolute Gasteiger partial charge is 0.355 e. The fourth-order valence-corrected chi connectivity index (χ4v) is 6.63. The van der Waals surface area contributed by atoms with Gasteiger partial charge in [-0.2, -0.15) is 0 Å². The zero-order chi connectivity index (χ0) is 23.1. The number of aryl methyl sites for hydroxylation is 1. The number of carbonyl (C=O) groups is 2. The topological polar surface area (TPSA) is 49.4 Å².